The zero-order valence-corrected chi connectivity index (χ0v) is 17.9. The first-order chi connectivity index (χ1) is 15.6. The molecule has 172 valence electrons. The molecule has 0 spiro atoms. The van der Waals surface area contributed by atoms with Crippen LogP contribution in [0.5, 0.6) is 0 Å². The van der Waals surface area contributed by atoms with Gasteiger partial charge in [-0.15, -0.1) is 0 Å². The maximum absolute atomic E-state index is 13.1. The molecule has 0 unspecified atom stereocenters. The lowest BCUT2D eigenvalue weighted by atomic mass is 10.2. The standard InChI is InChI=1S/C21H17F3N4O4S/c1-25-33(30,31)16-6-2-4-13(10-16)19(29)27-20-26-17-11-14(21(22,23)24)7-8-18(17)28(20)12-15-5-3-9-32-15/h2-11,25H,12H2,1H3,(H,26,27,29). The molecule has 0 atom stereocenters. The van der Waals surface area contributed by atoms with E-state index in [0.717, 1.165) is 12.1 Å². The average Bonchev–Trinajstić information content (AvgIpc) is 3.41. The van der Waals surface area contributed by atoms with Crippen LogP contribution in [0.2, 0.25) is 0 Å². The topological polar surface area (TPSA) is 106 Å². The highest BCUT2D eigenvalue weighted by molar-refractivity contribution is 7.89. The van der Waals surface area contributed by atoms with Gasteiger partial charge in [0.25, 0.3) is 5.91 Å². The van der Waals surface area contributed by atoms with Crippen LogP contribution in [-0.2, 0) is 22.7 Å². The number of hydrogen-bond donors (Lipinski definition) is 2. The molecule has 12 heteroatoms. The van der Waals surface area contributed by atoms with Crippen molar-refractivity contribution >= 4 is 32.9 Å². The number of carbonyl (C=O) groups excluding carboxylic acids is 1. The summed E-state index contributed by atoms with van der Waals surface area (Å²) in [5.74, 6) is -0.213. The molecule has 0 aliphatic carbocycles. The van der Waals surface area contributed by atoms with Gasteiger partial charge in [-0.3, -0.25) is 10.1 Å². The predicted molar refractivity (Wildman–Crippen MR) is 113 cm³/mol. The van der Waals surface area contributed by atoms with E-state index in [0.29, 0.717) is 11.3 Å². The van der Waals surface area contributed by atoms with Gasteiger partial charge < -0.3 is 8.98 Å². The van der Waals surface area contributed by atoms with Crippen molar-refractivity contribution in [2.45, 2.75) is 17.6 Å². The molecule has 0 fully saturated rings. The summed E-state index contributed by atoms with van der Waals surface area (Å²) in [5.41, 5.74) is -0.473. The summed E-state index contributed by atoms with van der Waals surface area (Å²) < 4.78 is 72.5. The summed E-state index contributed by atoms with van der Waals surface area (Å²) in [6.45, 7) is 0.0959. The summed E-state index contributed by atoms with van der Waals surface area (Å²) >= 11 is 0. The van der Waals surface area contributed by atoms with E-state index in [4.69, 9.17) is 4.42 Å². The van der Waals surface area contributed by atoms with E-state index < -0.39 is 27.7 Å². The molecule has 2 aromatic heterocycles. The van der Waals surface area contributed by atoms with Gasteiger partial charge in [-0.25, -0.2) is 18.1 Å². The van der Waals surface area contributed by atoms with Crippen LogP contribution in [0.1, 0.15) is 21.7 Å². The van der Waals surface area contributed by atoms with Crippen LogP contribution in [0, 0.1) is 0 Å². The van der Waals surface area contributed by atoms with Gasteiger partial charge in [-0.05, 0) is 55.6 Å². The maximum atomic E-state index is 13.1. The molecule has 1 amide bonds. The summed E-state index contributed by atoms with van der Waals surface area (Å²) in [5, 5.41) is 2.56. The van der Waals surface area contributed by atoms with Crippen LogP contribution in [0.25, 0.3) is 11.0 Å². The normalized spacial score (nSPS) is 12.2. The fourth-order valence-electron chi connectivity index (χ4n) is 3.22. The highest BCUT2D eigenvalue weighted by atomic mass is 32.2. The monoisotopic (exact) mass is 478 g/mol. The van der Waals surface area contributed by atoms with Crippen molar-refractivity contribution in [3.05, 3.63) is 77.7 Å². The van der Waals surface area contributed by atoms with Crippen LogP contribution in [-0.4, -0.2) is 30.9 Å². The molecule has 0 bridgehead atoms. The van der Waals surface area contributed by atoms with Crippen LogP contribution in [0.3, 0.4) is 0 Å². The summed E-state index contributed by atoms with van der Waals surface area (Å²) in [6, 6.07) is 11.7. The van der Waals surface area contributed by atoms with Gasteiger partial charge in [0.1, 0.15) is 5.76 Å². The number of fused-ring (bicyclic) bond motifs is 1. The van der Waals surface area contributed by atoms with Crippen molar-refractivity contribution in [1.29, 1.82) is 0 Å². The third-order valence-electron chi connectivity index (χ3n) is 4.87. The number of rotatable bonds is 6. The lowest BCUT2D eigenvalue weighted by Crippen LogP contribution is -2.20. The number of amides is 1. The van der Waals surface area contributed by atoms with Crippen LogP contribution in [0.15, 0.2) is 70.2 Å². The predicted octanol–water partition coefficient (Wildman–Crippen LogP) is 3.86. The first kappa shape index (κ1) is 22.6. The Bertz CT molecular complexity index is 1430. The average molecular weight is 478 g/mol. The molecule has 2 aromatic carbocycles. The zero-order chi connectivity index (χ0) is 23.8. The molecule has 33 heavy (non-hydrogen) atoms. The number of halogens is 3. The molecule has 0 saturated carbocycles. The molecule has 2 N–H and O–H groups in total. The van der Waals surface area contributed by atoms with E-state index in [1.54, 1.807) is 12.1 Å². The Labute approximate surface area is 186 Å². The maximum Gasteiger partial charge on any atom is 0.416 e. The Morgan fingerprint density at radius 3 is 2.58 bits per heavy atom. The minimum atomic E-state index is -4.55. The highest BCUT2D eigenvalue weighted by Gasteiger charge is 2.31. The molecule has 0 aliphatic heterocycles. The van der Waals surface area contributed by atoms with E-state index in [1.165, 1.54) is 48.2 Å². The molecule has 4 aromatic rings. The van der Waals surface area contributed by atoms with Gasteiger partial charge >= 0.3 is 6.18 Å². The number of nitrogens with zero attached hydrogens (tertiary/aromatic N) is 2. The number of sulfonamides is 1. The van der Waals surface area contributed by atoms with Gasteiger partial charge in [-0.2, -0.15) is 13.2 Å². The van der Waals surface area contributed by atoms with E-state index in [-0.39, 0.29) is 28.5 Å². The van der Waals surface area contributed by atoms with Crippen LogP contribution >= 0.6 is 0 Å². The largest absolute Gasteiger partial charge is 0.467 e. The van der Waals surface area contributed by atoms with E-state index in [9.17, 15) is 26.4 Å². The van der Waals surface area contributed by atoms with Crippen molar-refractivity contribution in [2.24, 2.45) is 0 Å². The van der Waals surface area contributed by atoms with Gasteiger partial charge in [0.15, 0.2) is 0 Å². The zero-order valence-electron chi connectivity index (χ0n) is 17.1. The number of furan rings is 1. The first-order valence-electron chi connectivity index (χ1n) is 9.53. The van der Waals surface area contributed by atoms with E-state index in [1.807, 2.05) is 0 Å². The molecule has 2 heterocycles. The van der Waals surface area contributed by atoms with Crippen LogP contribution in [0.4, 0.5) is 19.1 Å². The Morgan fingerprint density at radius 2 is 1.91 bits per heavy atom. The number of benzene rings is 2. The van der Waals surface area contributed by atoms with Crippen molar-refractivity contribution < 1.29 is 30.8 Å². The number of alkyl halides is 3. The van der Waals surface area contributed by atoms with Gasteiger partial charge in [-0.1, -0.05) is 6.07 Å². The number of nitrogens with one attached hydrogen (secondary N) is 2. The van der Waals surface area contributed by atoms with E-state index in [2.05, 4.69) is 15.0 Å². The number of carbonyl (C=O) groups is 1. The fraction of sp³-hybridized carbons (Fsp3) is 0.143. The van der Waals surface area contributed by atoms with Crippen molar-refractivity contribution in [2.75, 3.05) is 12.4 Å². The lowest BCUT2D eigenvalue weighted by molar-refractivity contribution is -0.137. The second-order valence-corrected chi connectivity index (χ2v) is 8.88. The van der Waals surface area contributed by atoms with Crippen LogP contribution < -0.4 is 10.0 Å². The Morgan fingerprint density at radius 1 is 1.12 bits per heavy atom. The number of anilines is 1. The molecule has 8 nitrogen and oxygen atoms in total. The van der Waals surface area contributed by atoms with Crippen molar-refractivity contribution in [3.8, 4) is 0 Å². The highest BCUT2D eigenvalue weighted by Crippen LogP contribution is 2.32. The number of imidazole rings is 1. The third-order valence-corrected chi connectivity index (χ3v) is 6.28. The number of hydrogen-bond acceptors (Lipinski definition) is 5. The summed E-state index contributed by atoms with van der Waals surface area (Å²) in [7, 11) is -2.53. The number of aromatic nitrogens is 2. The Balaban J connectivity index is 1.74. The second kappa shape index (κ2) is 8.37. The van der Waals surface area contributed by atoms with Crippen molar-refractivity contribution in [1.82, 2.24) is 14.3 Å². The SMILES string of the molecule is CNS(=O)(=O)c1cccc(C(=O)Nc2nc3cc(C(F)(F)F)ccc3n2Cc2ccco2)c1. The van der Waals surface area contributed by atoms with Gasteiger partial charge in [0.05, 0.1) is 34.3 Å². The second-order valence-electron chi connectivity index (χ2n) is 6.99. The Kier molecular flexibility index (Phi) is 5.72. The summed E-state index contributed by atoms with van der Waals surface area (Å²) in [4.78, 5) is 16.9. The molecule has 0 aliphatic rings. The molecular weight excluding hydrogens is 461 g/mol. The fourth-order valence-corrected chi connectivity index (χ4v) is 3.99. The molecule has 4 rings (SSSR count). The molecule has 0 saturated heterocycles. The molecular formula is C21H17F3N4O4S. The van der Waals surface area contributed by atoms with Crippen molar-refractivity contribution in [3.63, 3.8) is 0 Å². The van der Waals surface area contributed by atoms with Gasteiger partial charge in [0.2, 0.25) is 16.0 Å². The molecule has 0 radical (unpaired) electrons. The quantitative estimate of drug-likeness (QED) is 0.438. The van der Waals surface area contributed by atoms with Gasteiger partial charge in [0, 0.05) is 5.56 Å². The summed E-state index contributed by atoms with van der Waals surface area (Å²) in [6.07, 6.45) is -3.11. The van der Waals surface area contributed by atoms with E-state index >= 15 is 0 Å². The minimum absolute atomic E-state index is 0.0207. The smallest absolute Gasteiger partial charge is 0.416 e. The Hall–Kier alpha value is -3.64. The minimum Gasteiger partial charge on any atom is -0.467 e. The lowest BCUT2D eigenvalue weighted by Gasteiger charge is -2.10. The first-order valence-corrected chi connectivity index (χ1v) is 11.0. The third kappa shape index (κ3) is 4.61.